The first kappa shape index (κ1) is 25.2. The van der Waals surface area contributed by atoms with Gasteiger partial charge >= 0.3 is 0 Å². The van der Waals surface area contributed by atoms with E-state index in [1.165, 1.54) is 4.90 Å². The first-order chi connectivity index (χ1) is 18.5. The topological polar surface area (TPSA) is 104 Å². The molecule has 194 valence electrons. The average Bonchev–Trinajstić information content (AvgIpc) is 3.08. The second kappa shape index (κ2) is 10.9. The highest BCUT2D eigenvalue weighted by molar-refractivity contribution is 6.21. The molecule has 0 saturated carbocycles. The molecule has 0 fully saturated rings. The molecule has 2 heterocycles. The van der Waals surface area contributed by atoms with E-state index in [1.54, 1.807) is 58.3 Å². The monoisotopic (exact) mass is 510 g/mol. The van der Waals surface area contributed by atoms with Crippen LogP contribution in [0.3, 0.4) is 0 Å². The Balaban J connectivity index is 1.18. The normalized spacial score (nSPS) is 14.9. The molecule has 0 saturated heterocycles. The maximum atomic E-state index is 13.3. The molecule has 0 radical (unpaired) electrons. The summed E-state index contributed by atoms with van der Waals surface area (Å²) in [5, 5.41) is 0. The first-order valence-electron chi connectivity index (χ1n) is 13.0. The van der Waals surface area contributed by atoms with E-state index in [0.29, 0.717) is 54.1 Å². The number of benzene rings is 3. The molecular formula is C30H30N4O4. The lowest BCUT2D eigenvalue weighted by Gasteiger charge is -2.25. The molecule has 0 atom stereocenters. The van der Waals surface area contributed by atoms with Gasteiger partial charge in [-0.15, -0.1) is 0 Å². The summed E-state index contributed by atoms with van der Waals surface area (Å²) in [7, 11) is 0. The van der Waals surface area contributed by atoms with Crippen molar-refractivity contribution in [3.8, 4) is 0 Å². The summed E-state index contributed by atoms with van der Waals surface area (Å²) >= 11 is 0. The third-order valence-electron chi connectivity index (χ3n) is 7.11. The Morgan fingerprint density at radius 1 is 0.684 bits per heavy atom. The summed E-state index contributed by atoms with van der Waals surface area (Å²) in [6.45, 7) is 1.22. The molecule has 2 N–H and O–H groups in total. The van der Waals surface area contributed by atoms with Crippen LogP contribution in [0.5, 0.6) is 0 Å². The highest BCUT2D eigenvalue weighted by Crippen LogP contribution is 2.34. The Morgan fingerprint density at radius 3 is 1.87 bits per heavy atom. The van der Waals surface area contributed by atoms with Crippen molar-refractivity contribution in [2.24, 2.45) is 0 Å². The quantitative estimate of drug-likeness (QED) is 0.273. The van der Waals surface area contributed by atoms with E-state index in [9.17, 15) is 19.2 Å². The van der Waals surface area contributed by atoms with Gasteiger partial charge in [-0.2, -0.15) is 0 Å². The van der Waals surface area contributed by atoms with Crippen LogP contribution in [-0.2, 0) is 4.79 Å². The van der Waals surface area contributed by atoms with E-state index in [2.05, 4.69) is 0 Å². The zero-order valence-electron chi connectivity index (χ0n) is 21.1. The number of nitrogen functional groups attached to an aromatic ring is 1. The number of carbonyl (C=O) groups excluding carboxylic acids is 4. The molecule has 0 aliphatic carbocycles. The van der Waals surface area contributed by atoms with Crippen molar-refractivity contribution in [1.29, 1.82) is 0 Å². The van der Waals surface area contributed by atoms with Crippen LogP contribution in [0.4, 0.5) is 17.1 Å². The number of imide groups is 1. The number of hydrogen-bond acceptors (Lipinski definition) is 5. The fourth-order valence-corrected chi connectivity index (χ4v) is 5.09. The van der Waals surface area contributed by atoms with E-state index in [4.69, 9.17) is 5.73 Å². The number of amides is 4. The predicted octanol–water partition coefficient (Wildman–Crippen LogP) is 4.51. The van der Waals surface area contributed by atoms with Gasteiger partial charge in [0.25, 0.3) is 17.7 Å². The van der Waals surface area contributed by atoms with Crippen molar-refractivity contribution < 1.29 is 19.2 Å². The highest BCUT2D eigenvalue weighted by Gasteiger charge is 2.34. The molecule has 3 aromatic carbocycles. The second-order valence-corrected chi connectivity index (χ2v) is 9.58. The van der Waals surface area contributed by atoms with E-state index in [0.717, 1.165) is 24.9 Å². The summed E-state index contributed by atoms with van der Waals surface area (Å²) in [5.74, 6) is -0.637. The molecule has 0 unspecified atom stereocenters. The maximum absolute atomic E-state index is 13.3. The van der Waals surface area contributed by atoms with E-state index >= 15 is 0 Å². The van der Waals surface area contributed by atoms with Crippen molar-refractivity contribution in [2.75, 3.05) is 35.2 Å². The van der Waals surface area contributed by atoms with Crippen LogP contribution in [0.2, 0.25) is 0 Å². The molecule has 2 aliphatic rings. The first-order valence-corrected chi connectivity index (χ1v) is 13.0. The van der Waals surface area contributed by atoms with Crippen LogP contribution in [0.15, 0.2) is 72.8 Å². The molecule has 38 heavy (non-hydrogen) atoms. The molecule has 8 nitrogen and oxygen atoms in total. The van der Waals surface area contributed by atoms with Gasteiger partial charge in [0.05, 0.1) is 22.5 Å². The molecule has 5 rings (SSSR count). The minimum atomic E-state index is -0.226. The van der Waals surface area contributed by atoms with Gasteiger partial charge in [0, 0.05) is 37.3 Å². The van der Waals surface area contributed by atoms with Crippen molar-refractivity contribution >= 4 is 40.7 Å². The Labute approximate surface area is 221 Å². The number of hydrogen-bond donors (Lipinski definition) is 1. The van der Waals surface area contributed by atoms with Gasteiger partial charge in [-0.25, -0.2) is 0 Å². The lowest BCUT2D eigenvalue weighted by Crippen LogP contribution is -2.32. The van der Waals surface area contributed by atoms with Crippen molar-refractivity contribution in [2.45, 2.75) is 32.1 Å². The molecule has 0 bridgehead atoms. The summed E-state index contributed by atoms with van der Waals surface area (Å²) in [6, 6.07) is 21.2. The third kappa shape index (κ3) is 4.89. The number of unbranched alkanes of at least 4 members (excludes halogenated alkanes) is 3. The zero-order valence-corrected chi connectivity index (χ0v) is 21.1. The minimum absolute atomic E-state index is 0.0175. The Morgan fingerprint density at radius 2 is 1.24 bits per heavy atom. The Hall–Kier alpha value is -4.46. The van der Waals surface area contributed by atoms with Gasteiger partial charge in [-0.3, -0.25) is 24.1 Å². The number of para-hydroxylation sites is 2. The largest absolute Gasteiger partial charge is 0.399 e. The van der Waals surface area contributed by atoms with Crippen LogP contribution >= 0.6 is 0 Å². The fraction of sp³-hybridized carbons (Fsp3) is 0.267. The van der Waals surface area contributed by atoms with Gasteiger partial charge < -0.3 is 15.5 Å². The molecule has 2 aliphatic heterocycles. The summed E-state index contributed by atoms with van der Waals surface area (Å²) in [4.78, 5) is 56.2. The molecule has 4 amide bonds. The molecule has 8 heteroatoms. The van der Waals surface area contributed by atoms with Crippen LogP contribution in [0.25, 0.3) is 0 Å². The molecular weight excluding hydrogens is 480 g/mol. The SMILES string of the molecule is Nc1ccc(C(=O)N2CCC(=O)N(CCCCCCN3C(=O)c4ccccc4C3=O)c3ccccc32)cc1. The van der Waals surface area contributed by atoms with Crippen LogP contribution in [0.1, 0.15) is 63.2 Å². The Bertz CT molecular complexity index is 1350. The van der Waals surface area contributed by atoms with Gasteiger partial charge in [0.1, 0.15) is 0 Å². The van der Waals surface area contributed by atoms with Crippen LogP contribution in [0, 0.1) is 0 Å². The van der Waals surface area contributed by atoms with Crippen molar-refractivity contribution in [1.82, 2.24) is 4.90 Å². The summed E-state index contributed by atoms with van der Waals surface area (Å²) in [5.41, 5.74) is 9.27. The number of rotatable bonds is 8. The van der Waals surface area contributed by atoms with Crippen LogP contribution in [-0.4, -0.2) is 48.2 Å². The number of anilines is 3. The fourth-order valence-electron chi connectivity index (χ4n) is 5.09. The lowest BCUT2D eigenvalue weighted by atomic mass is 10.1. The number of nitrogens with two attached hydrogens (primary N) is 1. The zero-order chi connectivity index (χ0) is 26.6. The van der Waals surface area contributed by atoms with Crippen molar-refractivity contribution in [3.63, 3.8) is 0 Å². The number of nitrogens with zero attached hydrogens (tertiary/aromatic N) is 3. The standard InChI is InChI=1S/C30H30N4O4/c31-22-15-13-21(14-16-22)28(36)33-20-17-27(35)32(25-11-5-6-12-26(25)33)18-7-1-2-8-19-34-29(37)23-9-3-4-10-24(23)30(34)38/h3-6,9-16H,1-2,7-8,17-20,31H2. The average molecular weight is 511 g/mol. The maximum Gasteiger partial charge on any atom is 0.261 e. The van der Waals surface area contributed by atoms with Crippen LogP contribution < -0.4 is 15.5 Å². The van der Waals surface area contributed by atoms with Gasteiger partial charge in [0.2, 0.25) is 5.91 Å². The number of fused-ring (bicyclic) bond motifs is 2. The van der Waals surface area contributed by atoms with E-state index in [1.807, 2.05) is 24.3 Å². The predicted molar refractivity (Wildman–Crippen MR) is 146 cm³/mol. The summed E-state index contributed by atoms with van der Waals surface area (Å²) in [6.07, 6.45) is 3.39. The van der Waals surface area contributed by atoms with E-state index < -0.39 is 0 Å². The third-order valence-corrected chi connectivity index (χ3v) is 7.11. The summed E-state index contributed by atoms with van der Waals surface area (Å²) < 4.78 is 0. The minimum Gasteiger partial charge on any atom is -0.399 e. The molecule has 0 aromatic heterocycles. The second-order valence-electron chi connectivity index (χ2n) is 9.58. The van der Waals surface area contributed by atoms with Crippen molar-refractivity contribution in [3.05, 3.63) is 89.5 Å². The van der Waals surface area contributed by atoms with Gasteiger partial charge in [-0.05, 0) is 61.4 Å². The number of carbonyl (C=O) groups is 4. The smallest absolute Gasteiger partial charge is 0.261 e. The van der Waals surface area contributed by atoms with Gasteiger partial charge in [-0.1, -0.05) is 37.1 Å². The molecule has 0 spiro atoms. The van der Waals surface area contributed by atoms with E-state index in [-0.39, 0.29) is 30.0 Å². The highest BCUT2D eigenvalue weighted by atomic mass is 16.2. The Kier molecular flexibility index (Phi) is 7.22. The van der Waals surface area contributed by atoms with Gasteiger partial charge in [0.15, 0.2) is 0 Å². The lowest BCUT2D eigenvalue weighted by molar-refractivity contribution is -0.118. The molecule has 3 aromatic rings.